The van der Waals surface area contributed by atoms with E-state index in [2.05, 4.69) is 59.7 Å². The number of para-hydroxylation sites is 1. The van der Waals surface area contributed by atoms with E-state index in [-0.39, 0.29) is 6.03 Å². The topological polar surface area (TPSA) is 44.4 Å². The number of urea groups is 1. The van der Waals surface area contributed by atoms with Crippen molar-refractivity contribution in [1.29, 1.82) is 0 Å². The molecule has 2 amide bonds. The first-order valence-corrected chi connectivity index (χ1v) is 11.9. The molecule has 0 radical (unpaired) electrons. The maximum atomic E-state index is 12.4. The minimum Gasteiger partial charge on any atom is -0.320 e. The number of fused-ring (bicyclic) bond motifs is 2. The largest absolute Gasteiger partial charge is 0.322 e. The molecule has 4 heteroatoms. The lowest BCUT2D eigenvalue weighted by atomic mass is 10.0. The SMILES string of the molecule is C=Cc1ccccc1NC(=O)N1CCc2ccccc2C1.CC.c1ccc2c(c1)CCNC2. The predicted molar refractivity (Wildman–Crippen MR) is 139 cm³/mol. The van der Waals surface area contributed by atoms with Crippen LogP contribution in [0.1, 0.15) is 41.7 Å². The Kier molecular flexibility index (Phi) is 9.28. The summed E-state index contributed by atoms with van der Waals surface area (Å²) >= 11 is 0. The summed E-state index contributed by atoms with van der Waals surface area (Å²) in [5.41, 5.74) is 7.29. The number of rotatable bonds is 2. The molecule has 0 bridgehead atoms. The molecule has 2 aliphatic rings. The fraction of sp³-hybridized carbons (Fsp3) is 0.276. The zero-order valence-electron chi connectivity index (χ0n) is 19.8. The Hall–Kier alpha value is -3.37. The van der Waals surface area contributed by atoms with Gasteiger partial charge in [-0.05, 0) is 53.3 Å². The number of benzene rings is 3. The average Bonchev–Trinajstić information content (AvgIpc) is 2.90. The van der Waals surface area contributed by atoms with Crippen molar-refractivity contribution >= 4 is 17.8 Å². The number of anilines is 1. The predicted octanol–water partition coefficient (Wildman–Crippen LogP) is 6.28. The maximum absolute atomic E-state index is 12.4. The molecule has 2 heterocycles. The second-order valence-electron chi connectivity index (χ2n) is 7.86. The molecule has 33 heavy (non-hydrogen) atoms. The molecule has 0 aliphatic carbocycles. The zero-order chi connectivity index (χ0) is 23.5. The summed E-state index contributed by atoms with van der Waals surface area (Å²) in [6.07, 6.45) is 3.85. The fourth-order valence-corrected chi connectivity index (χ4v) is 4.07. The lowest BCUT2D eigenvalue weighted by molar-refractivity contribution is 0.206. The van der Waals surface area contributed by atoms with Crippen LogP contribution in [-0.2, 0) is 25.9 Å². The average molecular weight is 442 g/mol. The standard InChI is InChI=1S/C18H18N2O.C9H11N.C2H6/c1-2-14-7-5-6-10-17(14)19-18(21)20-12-11-15-8-3-4-9-16(15)13-20;1-2-4-9-7-10-6-5-8(9)3-1;1-2/h2-10H,1,11-13H2,(H,19,21);1-4,10H,5-7H2;1-2H3. The first-order valence-electron chi connectivity index (χ1n) is 11.9. The molecule has 3 aromatic rings. The van der Waals surface area contributed by atoms with Gasteiger partial charge >= 0.3 is 6.03 Å². The highest BCUT2D eigenvalue weighted by Crippen LogP contribution is 2.21. The molecule has 0 aromatic heterocycles. The van der Waals surface area contributed by atoms with Gasteiger partial charge in [0.15, 0.2) is 0 Å². The molecular weight excluding hydrogens is 406 g/mol. The summed E-state index contributed by atoms with van der Waals surface area (Å²) in [6, 6.07) is 24.6. The van der Waals surface area contributed by atoms with E-state index in [4.69, 9.17) is 0 Å². The highest BCUT2D eigenvalue weighted by Gasteiger charge is 2.20. The molecule has 0 fully saturated rings. The first-order chi connectivity index (χ1) is 16.2. The van der Waals surface area contributed by atoms with E-state index in [1.807, 2.05) is 49.1 Å². The van der Waals surface area contributed by atoms with Gasteiger partial charge in [0.1, 0.15) is 0 Å². The normalized spacial score (nSPS) is 13.7. The molecule has 0 unspecified atom stereocenters. The number of carbonyl (C=O) groups is 1. The van der Waals surface area contributed by atoms with Gasteiger partial charge in [-0.2, -0.15) is 0 Å². The van der Waals surface area contributed by atoms with Crippen LogP contribution >= 0.6 is 0 Å². The van der Waals surface area contributed by atoms with Gasteiger partial charge in [0.2, 0.25) is 0 Å². The van der Waals surface area contributed by atoms with Crippen LogP contribution in [0.2, 0.25) is 0 Å². The Morgan fingerprint density at radius 1 is 0.879 bits per heavy atom. The van der Waals surface area contributed by atoms with Crippen molar-refractivity contribution in [2.75, 3.05) is 18.4 Å². The summed E-state index contributed by atoms with van der Waals surface area (Å²) < 4.78 is 0. The Labute approximate surface area is 198 Å². The van der Waals surface area contributed by atoms with Crippen LogP contribution in [0.5, 0.6) is 0 Å². The lowest BCUT2D eigenvalue weighted by Crippen LogP contribution is -2.38. The molecule has 0 atom stereocenters. The molecule has 172 valence electrons. The van der Waals surface area contributed by atoms with Crippen molar-refractivity contribution in [1.82, 2.24) is 10.2 Å². The smallest absolute Gasteiger partial charge is 0.320 e. The van der Waals surface area contributed by atoms with Crippen LogP contribution in [-0.4, -0.2) is 24.0 Å². The van der Waals surface area contributed by atoms with Crippen molar-refractivity contribution < 1.29 is 4.79 Å². The molecule has 2 aliphatic heterocycles. The molecule has 5 rings (SSSR count). The number of nitrogens with one attached hydrogen (secondary N) is 2. The number of carbonyl (C=O) groups excluding carboxylic acids is 1. The Morgan fingerprint density at radius 3 is 2.18 bits per heavy atom. The van der Waals surface area contributed by atoms with E-state index in [0.29, 0.717) is 6.54 Å². The maximum Gasteiger partial charge on any atom is 0.322 e. The third-order valence-corrected chi connectivity index (χ3v) is 5.85. The van der Waals surface area contributed by atoms with Gasteiger partial charge in [-0.25, -0.2) is 4.79 Å². The highest BCUT2D eigenvalue weighted by atomic mass is 16.2. The Morgan fingerprint density at radius 2 is 1.48 bits per heavy atom. The van der Waals surface area contributed by atoms with Crippen LogP contribution in [0, 0.1) is 0 Å². The van der Waals surface area contributed by atoms with E-state index in [0.717, 1.165) is 37.3 Å². The number of nitrogens with zero attached hydrogens (tertiary/aromatic N) is 1. The Bertz CT molecular complexity index is 1030. The molecular formula is C29H35N3O. The van der Waals surface area contributed by atoms with Crippen molar-refractivity contribution in [3.05, 3.63) is 107 Å². The molecule has 4 nitrogen and oxygen atoms in total. The molecule has 0 saturated heterocycles. The molecule has 0 saturated carbocycles. The van der Waals surface area contributed by atoms with E-state index < -0.39 is 0 Å². The third kappa shape index (κ3) is 6.56. The molecule has 2 N–H and O–H groups in total. The van der Waals surface area contributed by atoms with Gasteiger partial charge in [-0.1, -0.05) is 93.2 Å². The first kappa shape index (κ1) is 24.3. The monoisotopic (exact) mass is 441 g/mol. The second-order valence-corrected chi connectivity index (χ2v) is 7.86. The summed E-state index contributed by atoms with van der Waals surface area (Å²) in [6.45, 7) is 11.4. The minimum absolute atomic E-state index is 0.0567. The van der Waals surface area contributed by atoms with E-state index >= 15 is 0 Å². The van der Waals surface area contributed by atoms with E-state index in [1.54, 1.807) is 6.08 Å². The lowest BCUT2D eigenvalue weighted by Gasteiger charge is -2.29. The molecule has 3 aromatic carbocycles. The summed E-state index contributed by atoms with van der Waals surface area (Å²) in [4.78, 5) is 14.3. The minimum atomic E-state index is -0.0567. The van der Waals surface area contributed by atoms with Crippen molar-refractivity contribution in [2.45, 2.75) is 39.8 Å². The number of hydrogen-bond donors (Lipinski definition) is 2. The van der Waals surface area contributed by atoms with Crippen LogP contribution in [0.3, 0.4) is 0 Å². The van der Waals surface area contributed by atoms with Gasteiger partial charge < -0.3 is 15.5 Å². The summed E-state index contributed by atoms with van der Waals surface area (Å²) in [5.74, 6) is 0. The van der Waals surface area contributed by atoms with Crippen LogP contribution in [0.15, 0.2) is 79.4 Å². The fourth-order valence-electron chi connectivity index (χ4n) is 4.07. The van der Waals surface area contributed by atoms with Crippen molar-refractivity contribution in [3.63, 3.8) is 0 Å². The van der Waals surface area contributed by atoms with E-state index in [1.165, 1.54) is 28.7 Å². The van der Waals surface area contributed by atoms with E-state index in [9.17, 15) is 4.79 Å². The Balaban J connectivity index is 0.000000212. The zero-order valence-corrected chi connectivity index (χ0v) is 19.8. The summed E-state index contributed by atoms with van der Waals surface area (Å²) in [7, 11) is 0. The third-order valence-electron chi connectivity index (χ3n) is 5.85. The van der Waals surface area contributed by atoms with Gasteiger partial charge in [-0.15, -0.1) is 0 Å². The van der Waals surface area contributed by atoms with Gasteiger partial charge in [0.25, 0.3) is 0 Å². The van der Waals surface area contributed by atoms with Gasteiger partial charge in [0.05, 0.1) is 0 Å². The van der Waals surface area contributed by atoms with Crippen molar-refractivity contribution in [3.8, 4) is 0 Å². The van der Waals surface area contributed by atoms with Crippen LogP contribution in [0.4, 0.5) is 10.5 Å². The molecule has 0 spiro atoms. The summed E-state index contributed by atoms with van der Waals surface area (Å²) in [5, 5.41) is 6.32. The van der Waals surface area contributed by atoms with Crippen LogP contribution in [0.25, 0.3) is 6.08 Å². The second kappa shape index (κ2) is 12.6. The quantitative estimate of drug-likeness (QED) is 0.492. The van der Waals surface area contributed by atoms with Gasteiger partial charge in [0, 0.05) is 25.3 Å². The van der Waals surface area contributed by atoms with Gasteiger partial charge in [-0.3, -0.25) is 0 Å². The number of hydrogen-bond acceptors (Lipinski definition) is 2. The van der Waals surface area contributed by atoms with Crippen molar-refractivity contribution in [2.24, 2.45) is 0 Å². The van der Waals surface area contributed by atoms with Crippen LogP contribution < -0.4 is 10.6 Å². The number of amides is 2. The highest BCUT2D eigenvalue weighted by molar-refractivity contribution is 5.91.